The number of hydrogen-bond acceptors (Lipinski definition) is 2. The predicted molar refractivity (Wildman–Crippen MR) is 51.4 cm³/mol. The van der Waals surface area contributed by atoms with Gasteiger partial charge < -0.3 is 10.1 Å². The first-order valence-electron chi connectivity index (χ1n) is 4.76. The molecule has 1 aliphatic carbocycles. The number of allylic oxidation sites excluding steroid dienone is 1. The molecule has 0 saturated carbocycles. The molecule has 0 bridgehead atoms. The van der Waals surface area contributed by atoms with Crippen molar-refractivity contribution >= 4 is 5.91 Å². The van der Waals surface area contributed by atoms with Crippen LogP contribution in [0.5, 0.6) is 0 Å². The highest BCUT2D eigenvalue weighted by Gasteiger charge is 2.04. The van der Waals surface area contributed by atoms with Gasteiger partial charge >= 0.3 is 0 Å². The van der Waals surface area contributed by atoms with Crippen molar-refractivity contribution in [3.05, 3.63) is 11.6 Å². The van der Waals surface area contributed by atoms with Gasteiger partial charge in [-0.3, -0.25) is 4.79 Å². The van der Waals surface area contributed by atoms with Gasteiger partial charge in [0.1, 0.15) is 6.61 Å². The summed E-state index contributed by atoms with van der Waals surface area (Å²) in [7, 11) is 1.53. The summed E-state index contributed by atoms with van der Waals surface area (Å²) in [6.07, 6.45) is 6.97. The number of nitrogens with one attached hydrogen (secondary N) is 1. The number of carbonyl (C=O) groups excluding carboxylic acids is 1. The molecule has 0 atom stereocenters. The van der Waals surface area contributed by atoms with Crippen molar-refractivity contribution in [3.8, 4) is 0 Å². The molecular weight excluding hydrogens is 166 g/mol. The lowest BCUT2D eigenvalue weighted by atomic mass is 10.2. The molecule has 0 aromatic rings. The van der Waals surface area contributed by atoms with Gasteiger partial charge in [0, 0.05) is 13.7 Å². The van der Waals surface area contributed by atoms with Crippen LogP contribution in [0.2, 0.25) is 0 Å². The molecule has 3 nitrogen and oxygen atoms in total. The normalized spacial score (nSPS) is 15.6. The van der Waals surface area contributed by atoms with E-state index in [0.717, 1.165) is 13.0 Å². The molecule has 0 spiro atoms. The third-order valence-corrected chi connectivity index (χ3v) is 2.18. The minimum atomic E-state index is -0.0268. The second-order valence-corrected chi connectivity index (χ2v) is 3.29. The monoisotopic (exact) mass is 183 g/mol. The fourth-order valence-corrected chi connectivity index (χ4v) is 1.51. The quantitative estimate of drug-likeness (QED) is 0.651. The van der Waals surface area contributed by atoms with E-state index in [4.69, 9.17) is 4.74 Å². The van der Waals surface area contributed by atoms with E-state index in [1.165, 1.54) is 31.9 Å². The van der Waals surface area contributed by atoms with E-state index in [1.807, 2.05) is 0 Å². The van der Waals surface area contributed by atoms with Gasteiger partial charge in [-0.25, -0.2) is 0 Å². The summed E-state index contributed by atoms with van der Waals surface area (Å²) >= 11 is 0. The zero-order chi connectivity index (χ0) is 9.52. The van der Waals surface area contributed by atoms with Crippen molar-refractivity contribution in [1.82, 2.24) is 5.32 Å². The highest BCUT2D eigenvalue weighted by molar-refractivity contribution is 5.77. The second kappa shape index (κ2) is 5.75. The Kier molecular flexibility index (Phi) is 4.54. The number of hydrogen-bond donors (Lipinski definition) is 1. The maximum atomic E-state index is 11.0. The molecule has 0 aromatic heterocycles. The molecule has 1 amide bonds. The summed E-state index contributed by atoms with van der Waals surface area (Å²) in [6.45, 7) is 0.910. The van der Waals surface area contributed by atoms with Gasteiger partial charge in [-0.15, -0.1) is 0 Å². The molecule has 0 heterocycles. The third-order valence-electron chi connectivity index (χ3n) is 2.18. The smallest absolute Gasteiger partial charge is 0.245 e. The van der Waals surface area contributed by atoms with Crippen molar-refractivity contribution in [1.29, 1.82) is 0 Å². The van der Waals surface area contributed by atoms with Crippen molar-refractivity contribution in [2.75, 3.05) is 20.3 Å². The molecule has 0 unspecified atom stereocenters. The highest BCUT2D eigenvalue weighted by atomic mass is 16.5. The van der Waals surface area contributed by atoms with Crippen molar-refractivity contribution in [2.45, 2.75) is 25.7 Å². The minimum absolute atomic E-state index is 0.0268. The number of ether oxygens (including phenoxy) is 1. The lowest BCUT2D eigenvalue weighted by Crippen LogP contribution is -2.28. The molecule has 0 aliphatic heterocycles. The third kappa shape index (κ3) is 4.08. The van der Waals surface area contributed by atoms with Gasteiger partial charge in [-0.05, 0) is 25.7 Å². The van der Waals surface area contributed by atoms with E-state index in [0.29, 0.717) is 0 Å². The van der Waals surface area contributed by atoms with E-state index in [2.05, 4.69) is 11.4 Å². The van der Waals surface area contributed by atoms with Crippen LogP contribution in [-0.4, -0.2) is 26.2 Å². The van der Waals surface area contributed by atoms with Gasteiger partial charge in [0.05, 0.1) is 0 Å². The minimum Gasteiger partial charge on any atom is -0.375 e. The highest BCUT2D eigenvalue weighted by Crippen LogP contribution is 2.19. The zero-order valence-corrected chi connectivity index (χ0v) is 8.14. The van der Waals surface area contributed by atoms with Crippen LogP contribution in [0.4, 0.5) is 0 Å². The summed E-state index contributed by atoms with van der Waals surface area (Å²) in [6, 6.07) is 0. The Morgan fingerprint density at radius 3 is 3.15 bits per heavy atom. The number of rotatable bonds is 5. The fourth-order valence-electron chi connectivity index (χ4n) is 1.51. The van der Waals surface area contributed by atoms with Gasteiger partial charge in [-0.1, -0.05) is 11.6 Å². The van der Waals surface area contributed by atoms with Crippen LogP contribution >= 0.6 is 0 Å². The standard InChI is InChI=1S/C10H17NO2/c1-13-8-10(12)11-7-6-9-4-2-3-5-9/h4H,2-3,5-8H2,1H3,(H,11,12). The summed E-state index contributed by atoms with van der Waals surface area (Å²) in [5.74, 6) is -0.0268. The topological polar surface area (TPSA) is 38.3 Å². The average molecular weight is 183 g/mol. The molecule has 1 N–H and O–H groups in total. The molecule has 0 radical (unpaired) electrons. The Labute approximate surface area is 79.2 Å². The fraction of sp³-hybridized carbons (Fsp3) is 0.700. The lowest BCUT2D eigenvalue weighted by molar-refractivity contribution is -0.124. The zero-order valence-electron chi connectivity index (χ0n) is 8.14. The second-order valence-electron chi connectivity index (χ2n) is 3.29. The van der Waals surface area contributed by atoms with Crippen molar-refractivity contribution in [3.63, 3.8) is 0 Å². The Bertz CT molecular complexity index is 199. The van der Waals surface area contributed by atoms with Crippen LogP contribution in [0, 0.1) is 0 Å². The maximum Gasteiger partial charge on any atom is 0.245 e. The predicted octanol–water partition coefficient (Wildman–Crippen LogP) is 1.25. The van der Waals surface area contributed by atoms with Crippen LogP contribution in [0.1, 0.15) is 25.7 Å². The van der Waals surface area contributed by atoms with Gasteiger partial charge in [-0.2, -0.15) is 0 Å². The number of carbonyl (C=O) groups is 1. The number of methoxy groups -OCH3 is 1. The summed E-state index contributed by atoms with van der Waals surface area (Å²) < 4.78 is 4.70. The van der Waals surface area contributed by atoms with Gasteiger partial charge in [0.15, 0.2) is 0 Å². The van der Waals surface area contributed by atoms with Crippen LogP contribution in [0.15, 0.2) is 11.6 Å². The van der Waals surface area contributed by atoms with E-state index in [-0.39, 0.29) is 12.5 Å². The van der Waals surface area contributed by atoms with Crippen molar-refractivity contribution in [2.24, 2.45) is 0 Å². The first-order valence-corrected chi connectivity index (χ1v) is 4.76. The van der Waals surface area contributed by atoms with E-state index < -0.39 is 0 Å². The largest absolute Gasteiger partial charge is 0.375 e. The lowest BCUT2D eigenvalue weighted by Gasteiger charge is -2.04. The molecule has 3 heteroatoms. The molecule has 13 heavy (non-hydrogen) atoms. The Morgan fingerprint density at radius 2 is 2.54 bits per heavy atom. The summed E-state index contributed by atoms with van der Waals surface area (Å²) in [5, 5.41) is 2.81. The average Bonchev–Trinajstić information content (AvgIpc) is 2.57. The summed E-state index contributed by atoms with van der Waals surface area (Å²) in [4.78, 5) is 11.0. The van der Waals surface area contributed by atoms with Gasteiger partial charge in [0.2, 0.25) is 5.91 Å². The first kappa shape index (κ1) is 10.3. The van der Waals surface area contributed by atoms with Crippen LogP contribution in [0.25, 0.3) is 0 Å². The number of amides is 1. The molecular formula is C10H17NO2. The maximum absolute atomic E-state index is 11.0. The Morgan fingerprint density at radius 1 is 1.69 bits per heavy atom. The van der Waals surface area contributed by atoms with E-state index in [9.17, 15) is 4.79 Å². The SMILES string of the molecule is COCC(=O)NCCC1=CCCC1. The van der Waals surface area contributed by atoms with E-state index >= 15 is 0 Å². The van der Waals surface area contributed by atoms with E-state index in [1.54, 1.807) is 0 Å². The molecule has 1 aliphatic rings. The molecule has 0 fully saturated rings. The van der Waals surface area contributed by atoms with Gasteiger partial charge in [0.25, 0.3) is 0 Å². The Balaban J connectivity index is 2.03. The summed E-state index contributed by atoms with van der Waals surface area (Å²) in [5.41, 5.74) is 1.48. The van der Waals surface area contributed by atoms with Crippen LogP contribution < -0.4 is 5.32 Å². The molecule has 1 rings (SSSR count). The van der Waals surface area contributed by atoms with Crippen LogP contribution in [0.3, 0.4) is 0 Å². The molecule has 0 aromatic carbocycles. The van der Waals surface area contributed by atoms with Crippen LogP contribution in [-0.2, 0) is 9.53 Å². The Hall–Kier alpha value is -0.830. The molecule has 0 saturated heterocycles. The van der Waals surface area contributed by atoms with Crippen molar-refractivity contribution < 1.29 is 9.53 Å². The first-order chi connectivity index (χ1) is 6.33. The molecule has 74 valence electrons.